The molecule has 0 spiro atoms. The van der Waals surface area contributed by atoms with Crippen LogP contribution in [0.3, 0.4) is 0 Å². The van der Waals surface area contributed by atoms with E-state index in [0.29, 0.717) is 11.1 Å². The van der Waals surface area contributed by atoms with Crippen LogP contribution < -0.4 is 10.6 Å². The van der Waals surface area contributed by atoms with E-state index in [9.17, 15) is 19.2 Å². The molecule has 0 bridgehead atoms. The van der Waals surface area contributed by atoms with Gasteiger partial charge in [0.15, 0.2) is 0 Å². The van der Waals surface area contributed by atoms with E-state index in [4.69, 9.17) is 4.74 Å². The molecule has 2 aromatic rings. The number of carbonyl (C=O) groups excluding carboxylic acids is 4. The number of fused-ring (bicyclic) bond motifs is 1. The number of hydrogen-bond donors (Lipinski definition) is 2. The van der Waals surface area contributed by atoms with Crippen LogP contribution in [0, 0.1) is 0 Å². The molecular weight excluding hydrogens is 422 g/mol. The zero-order valence-electron chi connectivity index (χ0n) is 18.5. The number of benzene rings is 2. The number of rotatable bonds is 9. The average molecular weight is 450 g/mol. The van der Waals surface area contributed by atoms with Gasteiger partial charge in [-0.25, -0.2) is 4.79 Å². The highest BCUT2D eigenvalue weighted by atomic mass is 16.5. The lowest BCUT2D eigenvalue weighted by Crippen LogP contribution is -2.48. The SMILES string of the molecule is CCOC(=O)C(Cc1ccccc1)NC(=O)CNC(=O)C1c2ccccc2C(=O)N1C1CC1. The fraction of sp³-hybridized carbons (Fsp3) is 0.360. The Bertz CT molecular complexity index is 1050. The molecule has 1 aliphatic carbocycles. The number of hydrogen-bond acceptors (Lipinski definition) is 5. The largest absolute Gasteiger partial charge is 0.464 e. The lowest BCUT2D eigenvalue weighted by molar-refractivity contribution is -0.147. The molecule has 2 atom stereocenters. The molecule has 2 N–H and O–H groups in total. The quantitative estimate of drug-likeness (QED) is 0.568. The van der Waals surface area contributed by atoms with Gasteiger partial charge in [-0.15, -0.1) is 0 Å². The summed E-state index contributed by atoms with van der Waals surface area (Å²) < 4.78 is 5.10. The van der Waals surface area contributed by atoms with Gasteiger partial charge >= 0.3 is 5.97 Å². The third-order valence-electron chi connectivity index (χ3n) is 5.80. The Morgan fingerprint density at radius 1 is 1.06 bits per heavy atom. The van der Waals surface area contributed by atoms with Gasteiger partial charge in [0.1, 0.15) is 12.1 Å². The second-order valence-electron chi connectivity index (χ2n) is 8.21. The fourth-order valence-corrected chi connectivity index (χ4v) is 4.13. The summed E-state index contributed by atoms with van der Waals surface area (Å²) in [6.45, 7) is 1.59. The first-order valence-electron chi connectivity index (χ1n) is 11.2. The highest BCUT2D eigenvalue weighted by Gasteiger charge is 2.47. The molecule has 3 amide bonds. The molecule has 8 nitrogen and oxygen atoms in total. The van der Waals surface area contributed by atoms with Crippen LogP contribution in [0.25, 0.3) is 0 Å². The molecule has 2 aromatic carbocycles. The minimum Gasteiger partial charge on any atom is -0.464 e. The number of nitrogens with zero attached hydrogens (tertiary/aromatic N) is 1. The van der Waals surface area contributed by atoms with Crippen molar-refractivity contribution < 1.29 is 23.9 Å². The summed E-state index contributed by atoms with van der Waals surface area (Å²) in [7, 11) is 0. The van der Waals surface area contributed by atoms with Crippen molar-refractivity contribution in [2.45, 2.75) is 44.3 Å². The van der Waals surface area contributed by atoms with Gasteiger partial charge in [0.2, 0.25) is 11.8 Å². The van der Waals surface area contributed by atoms with E-state index in [1.54, 1.807) is 36.1 Å². The van der Waals surface area contributed by atoms with Gasteiger partial charge in [-0.3, -0.25) is 14.4 Å². The van der Waals surface area contributed by atoms with Gasteiger partial charge in [-0.2, -0.15) is 0 Å². The predicted octanol–water partition coefficient (Wildman–Crippen LogP) is 1.75. The topological polar surface area (TPSA) is 105 Å². The number of nitrogens with one attached hydrogen (secondary N) is 2. The molecule has 0 saturated heterocycles. The summed E-state index contributed by atoms with van der Waals surface area (Å²) in [4.78, 5) is 52.4. The first-order chi connectivity index (χ1) is 16.0. The molecule has 0 radical (unpaired) electrons. The Hall–Kier alpha value is -3.68. The maximum Gasteiger partial charge on any atom is 0.328 e. The minimum atomic E-state index is -0.867. The van der Waals surface area contributed by atoms with Gasteiger partial charge < -0.3 is 20.3 Å². The predicted molar refractivity (Wildman–Crippen MR) is 120 cm³/mol. The Balaban J connectivity index is 1.40. The molecule has 0 aromatic heterocycles. The van der Waals surface area contributed by atoms with Crippen molar-refractivity contribution in [1.29, 1.82) is 0 Å². The van der Waals surface area contributed by atoms with E-state index >= 15 is 0 Å². The molecule has 2 unspecified atom stereocenters. The Morgan fingerprint density at radius 2 is 1.76 bits per heavy atom. The molecule has 1 aliphatic heterocycles. The van der Waals surface area contributed by atoms with Crippen molar-refractivity contribution in [1.82, 2.24) is 15.5 Å². The molecule has 4 rings (SSSR count). The molecule has 172 valence electrons. The number of carbonyl (C=O) groups is 4. The van der Waals surface area contributed by atoms with Gasteiger partial charge in [0.25, 0.3) is 5.91 Å². The van der Waals surface area contributed by atoms with E-state index in [0.717, 1.165) is 18.4 Å². The highest BCUT2D eigenvalue weighted by molar-refractivity contribution is 6.05. The maximum absolute atomic E-state index is 13.0. The zero-order valence-corrected chi connectivity index (χ0v) is 18.5. The monoisotopic (exact) mass is 449 g/mol. The van der Waals surface area contributed by atoms with Crippen LogP contribution in [-0.4, -0.2) is 53.8 Å². The highest BCUT2D eigenvalue weighted by Crippen LogP contribution is 2.41. The van der Waals surface area contributed by atoms with Crippen molar-refractivity contribution >= 4 is 23.7 Å². The number of esters is 1. The van der Waals surface area contributed by atoms with E-state index < -0.39 is 29.9 Å². The van der Waals surface area contributed by atoms with E-state index in [1.807, 2.05) is 30.3 Å². The summed E-state index contributed by atoms with van der Waals surface area (Å²) in [5.74, 6) is -1.60. The van der Waals surface area contributed by atoms with Gasteiger partial charge in [0, 0.05) is 18.0 Å². The number of amides is 3. The van der Waals surface area contributed by atoms with Crippen LogP contribution >= 0.6 is 0 Å². The molecular formula is C25H27N3O5. The summed E-state index contributed by atoms with van der Waals surface area (Å²) >= 11 is 0. The van der Waals surface area contributed by atoms with Crippen LogP contribution in [-0.2, 0) is 25.5 Å². The third kappa shape index (κ3) is 5.05. The van der Waals surface area contributed by atoms with E-state index in [1.165, 1.54) is 0 Å². The van der Waals surface area contributed by atoms with Crippen LogP contribution in [0.5, 0.6) is 0 Å². The normalized spacial score (nSPS) is 17.8. The molecule has 2 aliphatic rings. The number of ether oxygens (including phenoxy) is 1. The van der Waals surface area contributed by atoms with Gasteiger partial charge in [-0.1, -0.05) is 48.5 Å². The van der Waals surface area contributed by atoms with Crippen molar-refractivity contribution in [3.05, 3.63) is 71.3 Å². The Labute approximate surface area is 192 Å². The molecule has 33 heavy (non-hydrogen) atoms. The zero-order chi connectivity index (χ0) is 23.4. The second kappa shape index (κ2) is 9.85. The van der Waals surface area contributed by atoms with Gasteiger partial charge in [-0.05, 0) is 37.0 Å². The lowest BCUT2D eigenvalue weighted by Gasteiger charge is -2.24. The Morgan fingerprint density at radius 3 is 2.45 bits per heavy atom. The molecule has 1 saturated carbocycles. The summed E-state index contributed by atoms with van der Waals surface area (Å²) in [6, 6.07) is 14.8. The van der Waals surface area contributed by atoms with Crippen molar-refractivity contribution in [3.63, 3.8) is 0 Å². The molecule has 1 heterocycles. The fourth-order valence-electron chi connectivity index (χ4n) is 4.13. The van der Waals surface area contributed by atoms with Crippen molar-refractivity contribution in [2.24, 2.45) is 0 Å². The van der Waals surface area contributed by atoms with E-state index in [-0.39, 0.29) is 31.5 Å². The lowest BCUT2D eigenvalue weighted by atomic mass is 10.0. The van der Waals surface area contributed by atoms with Crippen LogP contribution in [0.15, 0.2) is 54.6 Å². The van der Waals surface area contributed by atoms with Crippen molar-refractivity contribution in [2.75, 3.05) is 13.2 Å². The summed E-state index contributed by atoms with van der Waals surface area (Å²) in [5, 5.41) is 5.30. The standard InChI is InChI=1S/C25H27N3O5/c1-2-33-25(32)20(14-16-8-4-3-5-9-16)27-21(29)15-26-23(30)22-18-10-6-7-11-19(18)24(31)28(22)17-12-13-17/h3-11,17,20,22H,2,12-15H2,1H3,(H,26,30)(H,27,29). The van der Waals surface area contributed by atoms with Crippen molar-refractivity contribution in [3.8, 4) is 0 Å². The third-order valence-corrected chi connectivity index (χ3v) is 5.80. The maximum atomic E-state index is 13.0. The van der Waals surface area contributed by atoms with Crippen LogP contribution in [0.4, 0.5) is 0 Å². The van der Waals surface area contributed by atoms with Crippen LogP contribution in [0.1, 0.15) is 47.3 Å². The molecule has 8 heteroatoms. The second-order valence-corrected chi connectivity index (χ2v) is 8.21. The first-order valence-corrected chi connectivity index (χ1v) is 11.2. The first kappa shape index (κ1) is 22.5. The summed E-state index contributed by atoms with van der Waals surface area (Å²) in [6.07, 6.45) is 2.01. The molecule has 1 fully saturated rings. The summed E-state index contributed by atoms with van der Waals surface area (Å²) in [5.41, 5.74) is 2.06. The Kier molecular flexibility index (Phi) is 6.72. The average Bonchev–Trinajstić information content (AvgIpc) is 3.62. The van der Waals surface area contributed by atoms with Crippen LogP contribution in [0.2, 0.25) is 0 Å². The van der Waals surface area contributed by atoms with E-state index in [2.05, 4.69) is 10.6 Å². The smallest absolute Gasteiger partial charge is 0.328 e. The minimum absolute atomic E-state index is 0.0496. The van der Waals surface area contributed by atoms with Gasteiger partial charge in [0.05, 0.1) is 13.2 Å².